The highest BCUT2D eigenvalue weighted by molar-refractivity contribution is 8.21. The van der Waals surface area contributed by atoms with Crippen molar-refractivity contribution >= 4 is 30.4 Å². The van der Waals surface area contributed by atoms with E-state index in [0.29, 0.717) is 11.1 Å². The Kier molecular flexibility index (Phi) is 2.89. The van der Waals surface area contributed by atoms with E-state index in [4.69, 9.17) is 16.2 Å². The van der Waals surface area contributed by atoms with E-state index in [1.807, 2.05) is 0 Å². The van der Waals surface area contributed by atoms with Crippen LogP contribution in [-0.4, -0.2) is 24.0 Å². The number of hydrogen-bond acceptors (Lipinski definition) is 3. The lowest BCUT2D eigenvalue weighted by molar-refractivity contribution is -0.0188. The van der Waals surface area contributed by atoms with Crippen molar-refractivity contribution in [1.29, 1.82) is 0 Å². The molecule has 0 saturated heterocycles. The number of aliphatic hydroxyl groups excluding tert-OH is 1. The van der Waals surface area contributed by atoms with E-state index in [1.165, 1.54) is 6.07 Å². The predicted molar refractivity (Wildman–Crippen MR) is 62.8 cm³/mol. The predicted octanol–water partition coefficient (Wildman–Crippen LogP) is 1.31. The first-order chi connectivity index (χ1) is 7.95. The molecule has 0 aliphatic heterocycles. The molecule has 0 bridgehead atoms. The highest BCUT2D eigenvalue weighted by Crippen LogP contribution is 2.35. The Morgan fingerprint density at radius 1 is 1.35 bits per heavy atom. The van der Waals surface area contributed by atoms with E-state index < -0.39 is 15.2 Å². The molecule has 1 N–H and O–H groups in total. The van der Waals surface area contributed by atoms with Crippen molar-refractivity contribution < 1.29 is 18.3 Å². The Balaban J connectivity index is 2.80. The zero-order chi connectivity index (χ0) is 12.6. The van der Waals surface area contributed by atoms with Crippen LogP contribution in [0.1, 0.15) is 17.2 Å². The molecule has 0 fully saturated rings. The minimum atomic E-state index is -3.98. The van der Waals surface area contributed by atoms with Gasteiger partial charge in [-0.15, -0.1) is 0 Å². The van der Waals surface area contributed by atoms with Gasteiger partial charge in [0.15, 0.2) is 6.10 Å². The minimum absolute atomic E-state index is 0.164. The van der Waals surface area contributed by atoms with E-state index in [9.17, 15) is 13.5 Å². The number of fused-ring (bicyclic) bond motifs is 1. The van der Waals surface area contributed by atoms with Gasteiger partial charge in [0.2, 0.25) is 0 Å². The number of halogens is 1. The van der Waals surface area contributed by atoms with Crippen molar-refractivity contribution in [2.75, 3.05) is 0 Å². The van der Waals surface area contributed by atoms with Crippen LogP contribution in [0, 0.1) is 0 Å². The zero-order valence-corrected chi connectivity index (χ0v) is 9.98. The molecule has 0 saturated carbocycles. The Labute approximate surface area is 102 Å². The summed E-state index contributed by atoms with van der Waals surface area (Å²) < 4.78 is 22.8. The number of rotatable bonds is 1. The average molecular weight is 271 g/mol. The van der Waals surface area contributed by atoms with Gasteiger partial charge in [-0.25, -0.2) is 8.42 Å². The van der Waals surface area contributed by atoms with Gasteiger partial charge in [-0.3, -0.25) is 0 Å². The third-order valence-corrected chi connectivity index (χ3v) is 3.82. The highest BCUT2D eigenvalue weighted by Gasteiger charge is 2.34. The second-order valence-corrected chi connectivity index (χ2v) is 6.00. The minimum Gasteiger partial charge on any atom is -0.376 e. The van der Waals surface area contributed by atoms with Gasteiger partial charge in [-0.05, 0) is 0 Å². The van der Waals surface area contributed by atoms with Crippen molar-refractivity contribution in [3.8, 4) is 0 Å². The summed E-state index contributed by atoms with van der Waals surface area (Å²) in [6.45, 7) is 0. The third-order valence-electron chi connectivity index (χ3n) is 2.46. The van der Waals surface area contributed by atoms with Crippen LogP contribution >= 0.6 is 10.7 Å². The summed E-state index contributed by atoms with van der Waals surface area (Å²) in [5.74, 6) is 0. The lowest BCUT2D eigenvalue weighted by Crippen LogP contribution is -2.19. The Hall–Kier alpha value is -1.46. The van der Waals surface area contributed by atoms with Gasteiger partial charge in [-0.2, -0.15) is 4.79 Å². The van der Waals surface area contributed by atoms with Crippen LogP contribution in [0.25, 0.3) is 10.4 Å². The summed E-state index contributed by atoms with van der Waals surface area (Å²) in [4.78, 5) is 2.67. The molecule has 1 aromatic carbocycles. The topological polar surface area (TPSA) is 90.8 Å². The largest absolute Gasteiger partial charge is 0.376 e. The van der Waals surface area contributed by atoms with Gasteiger partial charge in [0, 0.05) is 27.9 Å². The first kappa shape index (κ1) is 12.0. The fourth-order valence-electron chi connectivity index (χ4n) is 1.70. The molecular weight excluding hydrogens is 264 g/mol. The summed E-state index contributed by atoms with van der Waals surface area (Å²) in [6, 6.07) is 6.34. The van der Waals surface area contributed by atoms with E-state index in [0.717, 1.165) is 6.08 Å². The molecule has 1 aliphatic carbocycles. The van der Waals surface area contributed by atoms with Gasteiger partial charge in [-0.1, -0.05) is 24.3 Å². The van der Waals surface area contributed by atoms with Crippen LogP contribution < -0.4 is 0 Å². The van der Waals surface area contributed by atoms with Crippen LogP contribution in [0.2, 0.25) is 0 Å². The first-order valence-electron chi connectivity index (χ1n) is 4.61. The number of nitrogens with zero attached hydrogens (tertiary/aromatic N) is 2. The van der Waals surface area contributed by atoms with Gasteiger partial charge < -0.3 is 10.6 Å². The van der Waals surface area contributed by atoms with Crippen LogP contribution in [0.5, 0.6) is 0 Å². The van der Waals surface area contributed by atoms with E-state index in [-0.39, 0.29) is 10.6 Å². The molecule has 7 heteroatoms. The molecule has 0 unspecified atom stereocenters. The standard InChI is InChI=1S/C10H7ClN2O3S/c11-17(15,16)9-5-8(13-12)10(14)7-4-2-1-3-6(7)9/h1-5,10,14H/t10-/m0/s1. The van der Waals surface area contributed by atoms with Gasteiger partial charge >= 0.3 is 5.71 Å². The molecule has 0 aromatic heterocycles. The van der Waals surface area contributed by atoms with Crippen LogP contribution in [-0.2, 0) is 9.05 Å². The first-order valence-corrected chi connectivity index (χ1v) is 6.91. The Morgan fingerprint density at radius 3 is 2.59 bits per heavy atom. The van der Waals surface area contributed by atoms with Gasteiger partial charge in [0.25, 0.3) is 9.05 Å². The molecule has 0 amide bonds. The fraction of sp³-hybridized carbons (Fsp3) is 0.100. The molecule has 0 spiro atoms. The van der Waals surface area contributed by atoms with Crippen LogP contribution in [0.3, 0.4) is 0 Å². The van der Waals surface area contributed by atoms with E-state index >= 15 is 0 Å². The van der Waals surface area contributed by atoms with Gasteiger partial charge in [0.05, 0.1) is 4.91 Å². The van der Waals surface area contributed by atoms with Crippen LogP contribution in [0.4, 0.5) is 0 Å². The summed E-state index contributed by atoms with van der Waals surface area (Å²) >= 11 is 0. The molecule has 17 heavy (non-hydrogen) atoms. The van der Waals surface area contributed by atoms with Gasteiger partial charge in [0.1, 0.15) is 0 Å². The maximum Gasteiger partial charge on any atom is 0.326 e. The van der Waals surface area contributed by atoms with Crippen molar-refractivity contribution in [3.63, 3.8) is 0 Å². The fourth-order valence-corrected chi connectivity index (χ4v) is 2.79. The number of hydrogen-bond donors (Lipinski definition) is 1. The lowest BCUT2D eigenvalue weighted by atomic mass is 9.93. The molecular formula is C10H7ClN2O3S. The summed E-state index contributed by atoms with van der Waals surface area (Å²) in [6.07, 6.45) is -0.117. The zero-order valence-electron chi connectivity index (χ0n) is 8.41. The normalized spacial score (nSPS) is 19.3. The van der Waals surface area contributed by atoms with Crippen molar-refractivity contribution in [2.45, 2.75) is 6.10 Å². The Morgan fingerprint density at radius 2 is 2.00 bits per heavy atom. The molecule has 0 heterocycles. The maximum absolute atomic E-state index is 11.4. The summed E-state index contributed by atoms with van der Waals surface area (Å²) in [5.41, 5.74) is 9.20. The third kappa shape index (κ3) is 2.03. The number of benzene rings is 1. The smallest absolute Gasteiger partial charge is 0.326 e. The molecule has 0 radical (unpaired) electrons. The highest BCUT2D eigenvalue weighted by atomic mass is 35.7. The molecule has 1 aliphatic rings. The number of aliphatic hydroxyl groups is 1. The Bertz CT molecular complexity index is 660. The lowest BCUT2D eigenvalue weighted by Gasteiger charge is -2.16. The molecule has 2 rings (SSSR count). The average Bonchev–Trinajstić information content (AvgIpc) is 2.28. The second-order valence-electron chi connectivity index (χ2n) is 3.46. The van der Waals surface area contributed by atoms with E-state index in [2.05, 4.69) is 4.79 Å². The molecule has 5 nitrogen and oxygen atoms in total. The summed E-state index contributed by atoms with van der Waals surface area (Å²) in [5, 5.41) is 9.83. The molecule has 1 aromatic rings. The maximum atomic E-state index is 11.4. The quantitative estimate of drug-likeness (QED) is 0.474. The summed E-state index contributed by atoms with van der Waals surface area (Å²) in [7, 11) is 1.32. The SMILES string of the molecule is [N-]=[N+]=C1C=C(S(=O)(=O)Cl)c2ccccc2[C@@H]1O. The molecule has 88 valence electrons. The second kappa shape index (κ2) is 4.09. The van der Waals surface area contributed by atoms with E-state index in [1.54, 1.807) is 18.2 Å². The van der Waals surface area contributed by atoms with Crippen LogP contribution in [0.15, 0.2) is 30.3 Å². The van der Waals surface area contributed by atoms with Crippen molar-refractivity contribution in [1.82, 2.24) is 0 Å². The molecule has 1 atom stereocenters. The van der Waals surface area contributed by atoms with Crippen molar-refractivity contribution in [2.24, 2.45) is 0 Å². The monoisotopic (exact) mass is 270 g/mol. The van der Waals surface area contributed by atoms with Crippen molar-refractivity contribution in [3.05, 3.63) is 47.0 Å².